The zero-order valence-corrected chi connectivity index (χ0v) is 13.8. The van der Waals surface area contributed by atoms with Gasteiger partial charge in [-0.25, -0.2) is 0 Å². The topological polar surface area (TPSA) is 45.7 Å². The molecule has 1 aromatic carbocycles. The average Bonchev–Trinajstić information content (AvgIpc) is 2.55. The van der Waals surface area contributed by atoms with E-state index in [1.165, 1.54) is 5.56 Å². The van der Waals surface area contributed by atoms with Crippen molar-refractivity contribution in [3.63, 3.8) is 0 Å². The zero-order valence-electron chi connectivity index (χ0n) is 13.8. The van der Waals surface area contributed by atoms with E-state index in [4.69, 9.17) is 4.74 Å². The van der Waals surface area contributed by atoms with Crippen LogP contribution in [0.5, 0.6) is 0 Å². The first kappa shape index (κ1) is 17.5. The third-order valence-corrected chi connectivity index (χ3v) is 4.16. The molecule has 0 aliphatic rings. The van der Waals surface area contributed by atoms with Crippen molar-refractivity contribution < 1.29 is 4.74 Å². The second-order valence-electron chi connectivity index (χ2n) is 5.20. The first-order valence-electron chi connectivity index (χ1n) is 7.71. The molecule has 0 radical (unpaired) electrons. The van der Waals surface area contributed by atoms with Crippen molar-refractivity contribution in [2.45, 2.75) is 32.1 Å². The van der Waals surface area contributed by atoms with Crippen molar-refractivity contribution in [3.05, 3.63) is 35.9 Å². The number of hydrogen-bond donors (Lipinski definition) is 2. The van der Waals surface area contributed by atoms with Gasteiger partial charge in [-0.2, -0.15) is 0 Å². The Morgan fingerprint density at radius 2 is 1.81 bits per heavy atom. The smallest absolute Gasteiger partial charge is 0.191 e. The number of aliphatic imine (C=N–C) groups is 1. The van der Waals surface area contributed by atoms with E-state index in [1.807, 2.05) is 0 Å². The van der Waals surface area contributed by atoms with Crippen LogP contribution in [0.1, 0.15) is 32.3 Å². The minimum Gasteiger partial charge on any atom is -0.383 e. The summed E-state index contributed by atoms with van der Waals surface area (Å²) in [6, 6.07) is 10.7. The van der Waals surface area contributed by atoms with Crippen LogP contribution in [0.25, 0.3) is 0 Å². The minimum atomic E-state index is 0.139. The fourth-order valence-electron chi connectivity index (χ4n) is 2.55. The summed E-state index contributed by atoms with van der Waals surface area (Å²) in [5.74, 6) is 0.828. The molecular formula is C17H29N3O. The van der Waals surface area contributed by atoms with Gasteiger partial charge in [0.15, 0.2) is 5.96 Å². The molecule has 4 heteroatoms. The Bertz CT molecular complexity index is 413. The van der Waals surface area contributed by atoms with Gasteiger partial charge in [0.2, 0.25) is 0 Å². The lowest BCUT2D eigenvalue weighted by atomic mass is 9.76. The summed E-state index contributed by atoms with van der Waals surface area (Å²) in [4.78, 5) is 4.26. The number of nitrogens with zero attached hydrogens (tertiary/aromatic N) is 1. The van der Waals surface area contributed by atoms with E-state index in [0.29, 0.717) is 6.61 Å². The van der Waals surface area contributed by atoms with Crippen LogP contribution in [0.4, 0.5) is 0 Å². The van der Waals surface area contributed by atoms with Crippen LogP contribution in [0, 0.1) is 0 Å². The molecule has 0 heterocycles. The van der Waals surface area contributed by atoms with Gasteiger partial charge in [-0.1, -0.05) is 44.2 Å². The second-order valence-corrected chi connectivity index (χ2v) is 5.20. The van der Waals surface area contributed by atoms with E-state index in [2.05, 4.69) is 59.8 Å². The molecule has 0 saturated carbocycles. The molecule has 21 heavy (non-hydrogen) atoms. The summed E-state index contributed by atoms with van der Waals surface area (Å²) in [7, 11) is 3.50. The maximum Gasteiger partial charge on any atom is 0.191 e. The summed E-state index contributed by atoms with van der Waals surface area (Å²) in [6.45, 7) is 6.80. The Morgan fingerprint density at radius 3 is 2.33 bits per heavy atom. The van der Waals surface area contributed by atoms with E-state index in [9.17, 15) is 0 Å². The summed E-state index contributed by atoms with van der Waals surface area (Å²) in [5, 5.41) is 6.71. The van der Waals surface area contributed by atoms with Gasteiger partial charge in [-0.3, -0.25) is 4.99 Å². The number of nitrogens with one attached hydrogen (secondary N) is 2. The molecule has 2 N–H and O–H groups in total. The van der Waals surface area contributed by atoms with Gasteiger partial charge in [-0.15, -0.1) is 0 Å². The van der Waals surface area contributed by atoms with Gasteiger partial charge in [0.25, 0.3) is 0 Å². The van der Waals surface area contributed by atoms with Crippen LogP contribution >= 0.6 is 0 Å². The Labute approximate surface area is 129 Å². The predicted octanol–water partition coefficient (Wildman–Crippen LogP) is 2.56. The molecule has 1 aromatic rings. The average molecular weight is 291 g/mol. The lowest BCUT2D eigenvalue weighted by Gasteiger charge is -2.33. The second kappa shape index (κ2) is 9.40. The molecule has 0 atom stereocenters. The van der Waals surface area contributed by atoms with E-state index < -0.39 is 0 Å². The molecule has 0 bridgehead atoms. The molecule has 118 valence electrons. The van der Waals surface area contributed by atoms with E-state index in [1.54, 1.807) is 14.2 Å². The summed E-state index contributed by atoms with van der Waals surface area (Å²) in [6.07, 6.45) is 2.19. The molecule has 0 fully saturated rings. The molecule has 0 unspecified atom stereocenters. The van der Waals surface area contributed by atoms with Crippen molar-refractivity contribution in [1.29, 1.82) is 0 Å². The highest BCUT2D eigenvalue weighted by molar-refractivity contribution is 5.79. The van der Waals surface area contributed by atoms with Gasteiger partial charge in [0, 0.05) is 32.7 Å². The Hall–Kier alpha value is -1.55. The highest BCUT2D eigenvalue weighted by atomic mass is 16.5. The normalized spacial score (nSPS) is 12.3. The molecule has 4 nitrogen and oxygen atoms in total. The van der Waals surface area contributed by atoms with E-state index >= 15 is 0 Å². The van der Waals surface area contributed by atoms with Crippen LogP contribution in [0.15, 0.2) is 35.3 Å². The van der Waals surface area contributed by atoms with Gasteiger partial charge < -0.3 is 15.4 Å². The highest BCUT2D eigenvalue weighted by Crippen LogP contribution is 2.30. The summed E-state index contributed by atoms with van der Waals surface area (Å²) >= 11 is 0. The Morgan fingerprint density at radius 1 is 1.14 bits per heavy atom. The van der Waals surface area contributed by atoms with E-state index in [0.717, 1.165) is 31.9 Å². The molecule has 1 rings (SSSR count). The molecule has 0 aliphatic heterocycles. The monoisotopic (exact) mass is 291 g/mol. The Balaban J connectivity index is 2.71. The Kier molecular flexibility index (Phi) is 7.83. The first-order chi connectivity index (χ1) is 10.2. The molecule has 0 aliphatic carbocycles. The van der Waals surface area contributed by atoms with Crippen LogP contribution in [-0.2, 0) is 10.2 Å². The standard InChI is InChI=1S/C17H29N3O/c1-5-17(6-2,15-10-8-7-9-11-15)14-20-16(18-3)19-12-13-21-4/h7-11H,5-6,12-14H2,1-4H3,(H2,18,19,20). The van der Waals surface area contributed by atoms with Gasteiger partial charge in [-0.05, 0) is 18.4 Å². The van der Waals surface area contributed by atoms with Crippen molar-refractivity contribution in [1.82, 2.24) is 10.6 Å². The third-order valence-electron chi connectivity index (χ3n) is 4.16. The number of benzene rings is 1. The number of rotatable bonds is 8. The third kappa shape index (κ3) is 5.05. The number of hydrogen-bond acceptors (Lipinski definition) is 2. The molecule has 0 aromatic heterocycles. The van der Waals surface area contributed by atoms with Crippen molar-refractivity contribution in [2.24, 2.45) is 4.99 Å². The lowest BCUT2D eigenvalue weighted by Crippen LogP contribution is -2.46. The van der Waals surface area contributed by atoms with E-state index in [-0.39, 0.29) is 5.41 Å². The maximum atomic E-state index is 5.05. The van der Waals surface area contributed by atoms with Crippen molar-refractivity contribution in [3.8, 4) is 0 Å². The predicted molar refractivity (Wildman–Crippen MR) is 89.9 cm³/mol. The van der Waals surface area contributed by atoms with Gasteiger partial charge in [0.05, 0.1) is 6.61 Å². The SMILES string of the molecule is CCC(CC)(CNC(=NC)NCCOC)c1ccccc1. The van der Waals surface area contributed by atoms with Crippen molar-refractivity contribution in [2.75, 3.05) is 33.9 Å². The lowest BCUT2D eigenvalue weighted by molar-refractivity contribution is 0.203. The fraction of sp³-hybridized carbons (Fsp3) is 0.588. The van der Waals surface area contributed by atoms with Gasteiger partial charge in [0.1, 0.15) is 0 Å². The first-order valence-corrected chi connectivity index (χ1v) is 7.71. The molecule has 0 spiro atoms. The highest BCUT2D eigenvalue weighted by Gasteiger charge is 2.28. The molecule has 0 saturated heterocycles. The van der Waals surface area contributed by atoms with Crippen LogP contribution in [-0.4, -0.2) is 39.8 Å². The van der Waals surface area contributed by atoms with Crippen LogP contribution in [0.2, 0.25) is 0 Å². The molecular weight excluding hydrogens is 262 g/mol. The van der Waals surface area contributed by atoms with Crippen LogP contribution in [0.3, 0.4) is 0 Å². The van der Waals surface area contributed by atoms with Crippen LogP contribution < -0.4 is 10.6 Å². The largest absolute Gasteiger partial charge is 0.383 e. The number of ether oxygens (including phenoxy) is 1. The fourth-order valence-corrected chi connectivity index (χ4v) is 2.55. The summed E-state index contributed by atoms with van der Waals surface area (Å²) in [5.41, 5.74) is 1.52. The quantitative estimate of drug-likeness (QED) is 0.439. The number of guanidine groups is 1. The minimum absolute atomic E-state index is 0.139. The maximum absolute atomic E-state index is 5.05. The van der Waals surface area contributed by atoms with Gasteiger partial charge >= 0.3 is 0 Å². The summed E-state index contributed by atoms with van der Waals surface area (Å²) < 4.78 is 5.05. The molecule has 0 amide bonds. The zero-order chi connectivity index (χ0) is 15.6. The van der Waals surface area contributed by atoms with Crippen molar-refractivity contribution >= 4 is 5.96 Å². The number of methoxy groups -OCH3 is 1.